The van der Waals surface area contributed by atoms with Crippen molar-refractivity contribution in [1.29, 1.82) is 0 Å². The van der Waals surface area contributed by atoms with Gasteiger partial charge in [-0.2, -0.15) is 0 Å². The van der Waals surface area contributed by atoms with E-state index in [9.17, 15) is 0 Å². The fourth-order valence-corrected chi connectivity index (χ4v) is 3.84. The van der Waals surface area contributed by atoms with Crippen molar-refractivity contribution in [2.75, 3.05) is 5.32 Å². The van der Waals surface area contributed by atoms with Gasteiger partial charge in [-0.25, -0.2) is 9.97 Å². The molecule has 108 valence electrons. The third kappa shape index (κ3) is 3.50. The van der Waals surface area contributed by atoms with E-state index < -0.39 is 0 Å². The molecular formula is C13H13IN4P2S. The molecule has 21 heavy (non-hydrogen) atoms. The van der Waals surface area contributed by atoms with Crippen molar-refractivity contribution in [2.45, 2.75) is 9.45 Å². The monoisotopic (exact) mass is 446 g/mol. The minimum absolute atomic E-state index is 0.118. The first kappa shape index (κ1) is 15.5. The molecule has 3 heterocycles. The minimum Gasteiger partial charge on any atom is -0.363 e. The van der Waals surface area contributed by atoms with Gasteiger partial charge >= 0.3 is 0 Å². The lowest BCUT2D eigenvalue weighted by Crippen LogP contribution is -2.10. The number of rotatable bonds is 4. The van der Waals surface area contributed by atoms with E-state index in [1.54, 1.807) is 17.7 Å². The van der Waals surface area contributed by atoms with Crippen LogP contribution in [0.2, 0.25) is 0 Å². The second-order valence-corrected chi connectivity index (χ2v) is 12.0. The second-order valence-electron chi connectivity index (χ2n) is 4.48. The number of nitrogens with zero attached hydrogens (tertiary/aromatic N) is 3. The number of thiophene rings is 1. The van der Waals surface area contributed by atoms with Gasteiger partial charge in [-0.05, 0) is 23.1 Å². The number of pyridine rings is 1. The van der Waals surface area contributed by atoms with E-state index in [1.165, 1.54) is 5.56 Å². The molecule has 0 aliphatic rings. The number of nitrogens with one attached hydrogen (secondary N) is 1. The van der Waals surface area contributed by atoms with Crippen LogP contribution >= 0.6 is 52.4 Å². The van der Waals surface area contributed by atoms with E-state index in [-0.39, 0.29) is 2.90 Å². The highest BCUT2D eigenvalue weighted by Crippen LogP contribution is 2.46. The van der Waals surface area contributed by atoms with E-state index in [1.807, 2.05) is 23.7 Å². The van der Waals surface area contributed by atoms with Gasteiger partial charge in [0.25, 0.3) is 0 Å². The van der Waals surface area contributed by atoms with Gasteiger partial charge in [-0.1, -0.05) is 28.7 Å². The van der Waals surface area contributed by atoms with Gasteiger partial charge in [-0.15, -0.1) is 29.8 Å². The summed E-state index contributed by atoms with van der Waals surface area (Å²) in [6, 6.07) is 6.06. The van der Waals surface area contributed by atoms with Crippen LogP contribution in [0.5, 0.6) is 0 Å². The molecular weight excluding hydrogens is 433 g/mol. The molecule has 2 atom stereocenters. The third-order valence-corrected chi connectivity index (χ3v) is 5.08. The molecule has 0 saturated heterocycles. The highest BCUT2D eigenvalue weighted by Gasteiger charge is 2.20. The molecule has 0 amide bonds. The maximum absolute atomic E-state index is 4.49. The van der Waals surface area contributed by atoms with E-state index in [2.05, 4.69) is 67.4 Å². The summed E-state index contributed by atoms with van der Waals surface area (Å²) in [4.78, 5) is 13.1. The number of hydrogen-bond donors (Lipinski definition) is 1. The molecule has 0 fully saturated rings. The Morgan fingerprint density at radius 2 is 2.10 bits per heavy atom. The summed E-state index contributed by atoms with van der Waals surface area (Å²) in [6.07, 6.45) is 3.41. The highest BCUT2D eigenvalue weighted by molar-refractivity contribution is 14.1. The third-order valence-electron chi connectivity index (χ3n) is 2.97. The van der Waals surface area contributed by atoms with Crippen LogP contribution in [0.1, 0.15) is 11.3 Å². The molecule has 0 bridgehead atoms. The first-order valence-corrected chi connectivity index (χ1v) is 9.30. The summed E-state index contributed by atoms with van der Waals surface area (Å²) in [5.41, 5.74) is 3.16. The standard InChI is InChI=1S/C13H13IN4P2S/c14-13(19,20)8-2-1-4-15-10(8)6-16-12-11-9(3-5-21-11)17-7-18-12/h1-5,7H,6,19-20H2,(H,16,17,18). The Hall–Kier alpha value is -0.420. The molecule has 0 aliphatic carbocycles. The van der Waals surface area contributed by atoms with Gasteiger partial charge in [0.1, 0.15) is 12.1 Å². The summed E-state index contributed by atoms with van der Waals surface area (Å²) in [5, 5.41) is 5.40. The average molecular weight is 446 g/mol. The van der Waals surface area contributed by atoms with Crippen molar-refractivity contribution in [1.82, 2.24) is 15.0 Å². The summed E-state index contributed by atoms with van der Waals surface area (Å²) in [6.45, 7) is 0.633. The molecule has 0 aromatic carbocycles. The van der Waals surface area contributed by atoms with Gasteiger partial charge in [0.15, 0.2) is 0 Å². The van der Waals surface area contributed by atoms with Crippen LogP contribution in [-0.4, -0.2) is 15.0 Å². The Morgan fingerprint density at radius 3 is 2.90 bits per heavy atom. The lowest BCUT2D eigenvalue weighted by atomic mass is 10.2. The first-order chi connectivity index (χ1) is 10.1. The van der Waals surface area contributed by atoms with E-state index in [0.717, 1.165) is 21.7 Å². The second kappa shape index (κ2) is 6.37. The molecule has 0 radical (unpaired) electrons. The van der Waals surface area contributed by atoms with E-state index in [4.69, 9.17) is 0 Å². The van der Waals surface area contributed by atoms with E-state index >= 15 is 0 Å². The molecule has 0 spiro atoms. The zero-order valence-electron chi connectivity index (χ0n) is 11.0. The maximum Gasteiger partial charge on any atom is 0.147 e. The van der Waals surface area contributed by atoms with Crippen LogP contribution in [-0.2, 0) is 9.45 Å². The molecule has 3 rings (SSSR count). The molecule has 8 heteroatoms. The lowest BCUT2D eigenvalue weighted by molar-refractivity contribution is 0.994. The molecule has 3 aromatic heterocycles. The predicted octanol–water partition coefficient (Wildman–Crippen LogP) is 3.99. The SMILES string of the molecule is PC(P)(I)c1cccnc1CNc1ncnc2ccsc12. The first-order valence-electron chi connectivity index (χ1n) is 6.19. The van der Waals surface area contributed by atoms with Gasteiger partial charge in [0.2, 0.25) is 0 Å². The zero-order valence-corrected chi connectivity index (χ0v) is 16.2. The summed E-state index contributed by atoms with van der Waals surface area (Å²) in [7, 11) is 5.64. The van der Waals surface area contributed by atoms with Crippen molar-refractivity contribution >= 4 is 68.4 Å². The number of aromatic nitrogens is 3. The fourth-order valence-electron chi connectivity index (χ4n) is 2.01. The number of alkyl halides is 1. The highest BCUT2D eigenvalue weighted by atomic mass is 127. The molecule has 3 aromatic rings. The van der Waals surface area contributed by atoms with Crippen LogP contribution in [0.25, 0.3) is 10.2 Å². The Kier molecular flexibility index (Phi) is 4.69. The number of hydrogen-bond acceptors (Lipinski definition) is 5. The van der Waals surface area contributed by atoms with Crippen LogP contribution in [0.15, 0.2) is 36.1 Å². The number of anilines is 1. The normalized spacial score (nSPS) is 11.8. The van der Waals surface area contributed by atoms with Crippen molar-refractivity contribution in [2.24, 2.45) is 0 Å². The Morgan fingerprint density at radius 1 is 1.24 bits per heavy atom. The van der Waals surface area contributed by atoms with Crippen molar-refractivity contribution < 1.29 is 0 Å². The van der Waals surface area contributed by atoms with Gasteiger partial charge in [-0.3, -0.25) is 4.98 Å². The zero-order chi connectivity index (χ0) is 14.9. The number of fused-ring (bicyclic) bond motifs is 1. The van der Waals surface area contributed by atoms with Crippen molar-refractivity contribution in [3.8, 4) is 0 Å². The quantitative estimate of drug-likeness (QED) is 0.374. The van der Waals surface area contributed by atoms with Gasteiger partial charge in [0, 0.05) is 6.20 Å². The van der Waals surface area contributed by atoms with Crippen LogP contribution < -0.4 is 5.32 Å². The molecule has 0 saturated carbocycles. The van der Waals surface area contributed by atoms with Crippen molar-refractivity contribution in [3.05, 3.63) is 47.4 Å². The van der Waals surface area contributed by atoms with Crippen LogP contribution in [0.4, 0.5) is 5.82 Å². The lowest BCUT2D eigenvalue weighted by Gasteiger charge is -2.20. The Bertz CT molecular complexity index is 772. The predicted molar refractivity (Wildman–Crippen MR) is 104 cm³/mol. The summed E-state index contributed by atoms with van der Waals surface area (Å²) >= 11 is 4.01. The average Bonchev–Trinajstić information content (AvgIpc) is 2.93. The smallest absolute Gasteiger partial charge is 0.147 e. The fraction of sp³-hybridized carbons (Fsp3) is 0.154. The maximum atomic E-state index is 4.49. The van der Waals surface area contributed by atoms with E-state index in [0.29, 0.717) is 6.54 Å². The topological polar surface area (TPSA) is 50.7 Å². The van der Waals surface area contributed by atoms with Crippen LogP contribution in [0.3, 0.4) is 0 Å². The number of halogens is 1. The van der Waals surface area contributed by atoms with Crippen LogP contribution in [0, 0.1) is 0 Å². The molecule has 0 aliphatic heterocycles. The molecule has 2 unspecified atom stereocenters. The molecule has 1 N–H and O–H groups in total. The van der Waals surface area contributed by atoms with Gasteiger partial charge in [0.05, 0.1) is 25.4 Å². The Labute approximate surface area is 145 Å². The molecule has 4 nitrogen and oxygen atoms in total. The largest absolute Gasteiger partial charge is 0.363 e. The van der Waals surface area contributed by atoms with Gasteiger partial charge < -0.3 is 5.32 Å². The van der Waals surface area contributed by atoms with Crippen molar-refractivity contribution in [3.63, 3.8) is 0 Å². The summed E-state index contributed by atoms with van der Waals surface area (Å²) in [5.74, 6) is 0.859. The summed E-state index contributed by atoms with van der Waals surface area (Å²) < 4.78 is 0.958. The minimum atomic E-state index is -0.118. The Balaban J connectivity index is 1.87.